The highest BCUT2D eigenvalue weighted by atomic mass is 16.6. The minimum Gasteiger partial charge on any atom is -0.490 e. The topological polar surface area (TPSA) is 91.6 Å². The number of benzene rings is 1. The lowest BCUT2D eigenvalue weighted by atomic mass is 10.3. The number of nitro benzene ring substituents is 1. The molecule has 1 heterocycles. The molecule has 2 aromatic rings. The normalized spacial score (nSPS) is 9.85. The number of rotatable bonds is 5. The van der Waals surface area contributed by atoms with E-state index < -0.39 is 4.92 Å². The zero-order valence-corrected chi connectivity index (χ0v) is 10.5. The lowest BCUT2D eigenvalue weighted by Crippen LogP contribution is -1.95. The molecule has 0 spiro atoms. The van der Waals surface area contributed by atoms with Crippen molar-refractivity contribution in [1.82, 2.24) is 4.98 Å². The second-order valence-electron chi connectivity index (χ2n) is 3.74. The molecule has 0 fully saturated rings. The van der Waals surface area contributed by atoms with E-state index in [1.165, 1.54) is 43.6 Å². The highest BCUT2D eigenvalue weighted by molar-refractivity contribution is 5.74. The van der Waals surface area contributed by atoms with Gasteiger partial charge in [-0.15, -0.1) is 0 Å². The molecule has 0 atom stereocenters. The average molecular weight is 274 g/mol. The number of nitro groups is 1. The molecule has 0 amide bonds. The fourth-order valence-electron chi connectivity index (χ4n) is 1.52. The first kappa shape index (κ1) is 13.5. The summed E-state index contributed by atoms with van der Waals surface area (Å²) >= 11 is 0. The third-order valence-electron chi connectivity index (χ3n) is 2.46. The van der Waals surface area contributed by atoms with Crippen molar-refractivity contribution in [3.8, 4) is 17.4 Å². The number of carbonyl (C=O) groups is 1. The maximum Gasteiger partial charge on any atom is 0.314 e. The molecule has 0 aliphatic heterocycles. The third kappa shape index (κ3) is 2.89. The summed E-state index contributed by atoms with van der Waals surface area (Å²) in [6.45, 7) is 0. The van der Waals surface area contributed by atoms with E-state index in [4.69, 9.17) is 9.47 Å². The van der Waals surface area contributed by atoms with E-state index in [0.29, 0.717) is 11.8 Å². The predicted molar refractivity (Wildman–Crippen MR) is 69.3 cm³/mol. The number of aromatic nitrogens is 1. The van der Waals surface area contributed by atoms with Crippen LogP contribution in [0.15, 0.2) is 36.5 Å². The van der Waals surface area contributed by atoms with Crippen LogP contribution >= 0.6 is 0 Å². The summed E-state index contributed by atoms with van der Waals surface area (Å²) in [5, 5.41) is 10.9. The summed E-state index contributed by atoms with van der Waals surface area (Å²) in [5.74, 6) is 0.630. The Kier molecular flexibility index (Phi) is 3.90. The smallest absolute Gasteiger partial charge is 0.314 e. The van der Waals surface area contributed by atoms with Gasteiger partial charge in [-0.3, -0.25) is 14.9 Å². The van der Waals surface area contributed by atoms with Gasteiger partial charge in [0, 0.05) is 17.8 Å². The largest absolute Gasteiger partial charge is 0.490 e. The third-order valence-corrected chi connectivity index (χ3v) is 2.46. The Morgan fingerprint density at radius 3 is 2.65 bits per heavy atom. The highest BCUT2D eigenvalue weighted by Gasteiger charge is 2.16. The van der Waals surface area contributed by atoms with E-state index in [0.717, 1.165) is 0 Å². The quantitative estimate of drug-likeness (QED) is 0.472. The fraction of sp³-hybridized carbons (Fsp3) is 0.0769. The Labute approximate surface area is 113 Å². The number of hydrogen-bond acceptors (Lipinski definition) is 6. The Morgan fingerprint density at radius 1 is 1.30 bits per heavy atom. The molecule has 1 aromatic heterocycles. The van der Waals surface area contributed by atoms with Crippen LogP contribution in [0.4, 0.5) is 5.69 Å². The predicted octanol–water partition coefficient (Wildman–Crippen LogP) is 2.60. The van der Waals surface area contributed by atoms with Crippen molar-refractivity contribution in [1.29, 1.82) is 0 Å². The van der Waals surface area contributed by atoms with Crippen molar-refractivity contribution in [2.75, 3.05) is 7.11 Å². The maximum absolute atomic E-state index is 10.9. The lowest BCUT2D eigenvalue weighted by molar-refractivity contribution is -0.385. The molecule has 0 saturated carbocycles. The van der Waals surface area contributed by atoms with Crippen LogP contribution < -0.4 is 9.47 Å². The molecule has 7 nitrogen and oxygen atoms in total. The maximum atomic E-state index is 10.9. The van der Waals surface area contributed by atoms with Crippen LogP contribution in [0.2, 0.25) is 0 Å². The fourth-order valence-corrected chi connectivity index (χ4v) is 1.52. The van der Waals surface area contributed by atoms with E-state index in [2.05, 4.69) is 4.98 Å². The van der Waals surface area contributed by atoms with Crippen LogP contribution in [-0.2, 0) is 0 Å². The molecule has 0 unspecified atom stereocenters. The average Bonchev–Trinajstić information content (AvgIpc) is 2.48. The zero-order chi connectivity index (χ0) is 14.5. The molecule has 0 saturated heterocycles. The summed E-state index contributed by atoms with van der Waals surface area (Å²) in [6.07, 6.45) is 2.01. The molecule has 0 aliphatic carbocycles. The number of methoxy groups -OCH3 is 1. The number of nitrogens with zero attached hydrogens (tertiary/aromatic N) is 2. The van der Waals surface area contributed by atoms with Crippen LogP contribution in [0.1, 0.15) is 10.4 Å². The molecule has 7 heteroatoms. The van der Waals surface area contributed by atoms with Gasteiger partial charge in [-0.05, 0) is 18.2 Å². The Hall–Kier alpha value is -2.96. The van der Waals surface area contributed by atoms with Gasteiger partial charge in [0.2, 0.25) is 5.88 Å². The van der Waals surface area contributed by atoms with Gasteiger partial charge in [0.15, 0.2) is 12.0 Å². The minimum absolute atomic E-state index is 0.145. The Morgan fingerprint density at radius 2 is 2.10 bits per heavy atom. The second kappa shape index (κ2) is 5.79. The first-order valence-electron chi connectivity index (χ1n) is 5.55. The first-order chi connectivity index (χ1) is 9.63. The van der Waals surface area contributed by atoms with Crippen LogP contribution in [0.5, 0.6) is 17.4 Å². The number of carbonyl (C=O) groups excluding carboxylic acids is 1. The molecule has 0 bridgehead atoms. The molecular weight excluding hydrogens is 264 g/mol. The number of aldehydes is 1. The molecule has 102 valence electrons. The molecule has 20 heavy (non-hydrogen) atoms. The zero-order valence-electron chi connectivity index (χ0n) is 10.5. The van der Waals surface area contributed by atoms with Crippen molar-refractivity contribution in [2.24, 2.45) is 0 Å². The van der Waals surface area contributed by atoms with Gasteiger partial charge >= 0.3 is 5.69 Å². The Bertz CT molecular complexity index is 640. The van der Waals surface area contributed by atoms with Crippen molar-refractivity contribution < 1.29 is 19.2 Å². The summed E-state index contributed by atoms with van der Waals surface area (Å²) in [5.41, 5.74) is 0.215. The highest BCUT2D eigenvalue weighted by Crippen LogP contribution is 2.32. The van der Waals surface area contributed by atoms with Gasteiger partial charge in [-0.1, -0.05) is 0 Å². The number of ether oxygens (including phenoxy) is 2. The van der Waals surface area contributed by atoms with Gasteiger partial charge in [-0.2, -0.15) is 0 Å². The van der Waals surface area contributed by atoms with Gasteiger partial charge in [0.25, 0.3) is 0 Å². The van der Waals surface area contributed by atoms with Crippen molar-refractivity contribution in [2.45, 2.75) is 0 Å². The molecule has 0 aliphatic rings. The molecular formula is C13H10N2O5. The molecule has 2 rings (SSSR count). The number of hydrogen-bond donors (Lipinski definition) is 0. The molecule has 0 N–H and O–H groups in total. The summed E-state index contributed by atoms with van der Waals surface area (Å²) in [7, 11) is 1.35. The SMILES string of the molecule is COc1ccc(Oc2ccc(C=O)cn2)cc1[N+](=O)[O-]. The Balaban J connectivity index is 2.26. The van der Waals surface area contributed by atoms with Crippen molar-refractivity contribution >= 4 is 12.0 Å². The monoisotopic (exact) mass is 274 g/mol. The summed E-state index contributed by atoms with van der Waals surface area (Å²) in [6, 6.07) is 7.25. The van der Waals surface area contributed by atoms with Gasteiger partial charge < -0.3 is 9.47 Å². The van der Waals surface area contributed by atoms with Crippen molar-refractivity contribution in [3.05, 3.63) is 52.2 Å². The van der Waals surface area contributed by atoms with E-state index in [-0.39, 0.29) is 23.1 Å². The van der Waals surface area contributed by atoms with E-state index in [1.807, 2.05) is 0 Å². The van der Waals surface area contributed by atoms with Crippen LogP contribution in [0.3, 0.4) is 0 Å². The minimum atomic E-state index is -0.561. The van der Waals surface area contributed by atoms with Crippen molar-refractivity contribution in [3.63, 3.8) is 0 Å². The van der Waals surface area contributed by atoms with Crippen LogP contribution in [-0.4, -0.2) is 23.3 Å². The first-order valence-corrected chi connectivity index (χ1v) is 5.55. The molecule has 0 radical (unpaired) electrons. The van der Waals surface area contributed by atoms with E-state index in [9.17, 15) is 14.9 Å². The van der Waals surface area contributed by atoms with Gasteiger partial charge in [0.05, 0.1) is 18.1 Å². The number of pyridine rings is 1. The van der Waals surface area contributed by atoms with Gasteiger partial charge in [0.1, 0.15) is 5.75 Å². The molecule has 1 aromatic carbocycles. The summed E-state index contributed by atoms with van der Waals surface area (Å²) in [4.78, 5) is 24.7. The second-order valence-corrected chi connectivity index (χ2v) is 3.74. The standard InChI is InChI=1S/C13H10N2O5/c1-19-12-4-3-10(6-11(12)15(17)18)20-13-5-2-9(8-16)7-14-13/h2-8H,1H3. The van der Waals surface area contributed by atoms with Crippen LogP contribution in [0, 0.1) is 10.1 Å². The summed E-state index contributed by atoms with van der Waals surface area (Å²) < 4.78 is 10.3. The van der Waals surface area contributed by atoms with E-state index in [1.54, 1.807) is 0 Å². The van der Waals surface area contributed by atoms with E-state index >= 15 is 0 Å². The van der Waals surface area contributed by atoms with Crippen LogP contribution in [0.25, 0.3) is 0 Å². The van der Waals surface area contributed by atoms with Gasteiger partial charge in [-0.25, -0.2) is 4.98 Å². The lowest BCUT2D eigenvalue weighted by Gasteiger charge is -2.06.